The van der Waals surface area contributed by atoms with Crippen LogP contribution in [0.15, 0.2) is 68.2 Å². The van der Waals surface area contributed by atoms with E-state index in [1.54, 1.807) is 12.3 Å². The molecule has 2 heterocycles. The summed E-state index contributed by atoms with van der Waals surface area (Å²) >= 11 is 1.49. The van der Waals surface area contributed by atoms with Gasteiger partial charge >= 0.3 is 0 Å². The van der Waals surface area contributed by atoms with Gasteiger partial charge in [0.15, 0.2) is 5.09 Å². The van der Waals surface area contributed by atoms with Gasteiger partial charge in [0.1, 0.15) is 12.4 Å². The van der Waals surface area contributed by atoms with E-state index in [1.807, 2.05) is 36.4 Å². The molecule has 0 unspecified atom stereocenters. The van der Waals surface area contributed by atoms with Gasteiger partial charge in [0.25, 0.3) is 5.91 Å². The summed E-state index contributed by atoms with van der Waals surface area (Å²) in [4.78, 5) is 16.6. The van der Waals surface area contributed by atoms with Crippen molar-refractivity contribution in [1.82, 2.24) is 10.4 Å². The fraction of sp³-hybridized carbons (Fsp3) is 0.118. The van der Waals surface area contributed by atoms with Crippen LogP contribution in [0.4, 0.5) is 0 Å². The number of benzene rings is 1. The number of carbonyl (C=O) groups is 1. The predicted octanol–water partition coefficient (Wildman–Crippen LogP) is 3.08. The standard InChI is InChI=1S/C17H15N3O3S/c1-22-11-15(21)20-19-10-13-7-8-16(23-13)24-14-6-2-4-12-5-3-9-18-17(12)14/h2-10H,11H2,1H3,(H,20,21)/b19-10-. The second-order valence-corrected chi connectivity index (χ2v) is 5.86. The quantitative estimate of drug-likeness (QED) is 0.551. The zero-order valence-corrected chi connectivity index (χ0v) is 13.7. The highest BCUT2D eigenvalue weighted by Gasteiger charge is 2.07. The van der Waals surface area contributed by atoms with Gasteiger partial charge in [-0.2, -0.15) is 5.10 Å². The average Bonchev–Trinajstić information content (AvgIpc) is 3.03. The predicted molar refractivity (Wildman–Crippen MR) is 92.2 cm³/mol. The first kappa shape index (κ1) is 16.2. The summed E-state index contributed by atoms with van der Waals surface area (Å²) < 4.78 is 10.4. The van der Waals surface area contributed by atoms with Gasteiger partial charge in [-0.3, -0.25) is 9.78 Å². The number of aromatic nitrogens is 1. The van der Waals surface area contributed by atoms with Crippen LogP contribution >= 0.6 is 11.8 Å². The smallest absolute Gasteiger partial charge is 0.266 e. The molecule has 0 saturated carbocycles. The molecule has 0 aliphatic heterocycles. The summed E-state index contributed by atoms with van der Waals surface area (Å²) in [6.45, 7) is -0.0370. The minimum atomic E-state index is -0.322. The summed E-state index contributed by atoms with van der Waals surface area (Å²) in [5, 5.41) is 5.61. The summed E-state index contributed by atoms with van der Waals surface area (Å²) in [5.41, 5.74) is 3.28. The van der Waals surface area contributed by atoms with E-state index < -0.39 is 0 Å². The number of furan rings is 1. The Morgan fingerprint density at radius 2 is 2.21 bits per heavy atom. The van der Waals surface area contributed by atoms with E-state index in [-0.39, 0.29) is 12.5 Å². The van der Waals surface area contributed by atoms with Crippen LogP contribution in [-0.2, 0) is 9.53 Å². The van der Waals surface area contributed by atoms with E-state index in [9.17, 15) is 4.79 Å². The van der Waals surface area contributed by atoms with Crippen LogP contribution in [0.3, 0.4) is 0 Å². The first-order valence-corrected chi connectivity index (χ1v) is 8.00. The molecule has 24 heavy (non-hydrogen) atoms. The number of hydrogen-bond acceptors (Lipinski definition) is 6. The number of nitrogens with zero attached hydrogens (tertiary/aromatic N) is 2. The molecule has 0 saturated heterocycles. The molecule has 0 aliphatic rings. The molecule has 0 atom stereocenters. The zero-order valence-electron chi connectivity index (χ0n) is 12.9. The third-order valence-corrected chi connectivity index (χ3v) is 4.03. The summed E-state index contributed by atoms with van der Waals surface area (Å²) in [6.07, 6.45) is 3.22. The van der Waals surface area contributed by atoms with E-state index in [0.717, 1.165) is 20.9 Å². The molecule has 3 rings (SSSR count). The molecule has 122 valence electrons. The lowest BCUT2D eigenvalue weighted by Crippen LogP contribution is -2.22. The number of nitrogens with one attached hydrogen (secondary N) is 1. The van der Waals surface area contributed by atoms with Crippen LogP contribution in [0.2, 0.25) is 0 Å². The van der Waals surface area contributed by atoms with Gasteiger partial charge in [-0.25, -0.2) is 5.43 Å². The SMILES string of the molecule is COCC(=O)N/N=C\c1ccc(Sc2cccc3cccnc23)o1. The van der Waals surface area contributed by atoms with Crippen molar-refractivity contribution in [3.05, 3.63) is 54.4 Å². The van der Waals surface area contributed by atoms with Crippen molar-refractivity contribution in [2.75, 3.05) is 13.7 Å². The van der Waals surface area contributed by atoms with Gasteiger partial charge in [-0.05, 0) is 36.0 Å². The third-order valence-electron chi connectivity index (χ3n) is 3.06. The normalized spacial score (nSPS) is 11.2. The van der Waals surface area contributed by atoms with Gasteiger partial charge in [0.05, 0.1) is 11.7 Å². The number of carbonyl (C=O) groups excluding carboxylic acids is 1. The number of pyridine rings is 1. The molecule has 0 bridgehead atoms. The van der Waals surface area contributed by atoms with Crippen molar-refractivity contribution in [1.29, 1.82) is 0 Å². The molecular weight excluding hydrogens is 326 g/mol. The second-order valence-electron chi connectivity index (χ2n) is 4.82. The average molecular weight is 341 g/mol. The Balaban J connectivity index is 1.69. The van der Waals surface area contributed by atoms with Crippen LogP contribution < -0.4 is 5.43 Å². The number of ether oxygens (including phenoxy) is 1. The first-order valence-electron chi connectivity index (χ1n) is 7.18. The van der Waals surface area contributed by atoms with Gasteiger partial charge < -0.3 is 9.15 Å². The van der Waals surface area contributed by atoms with E-state index in [0.29, 0.717) is 5.76 Å². The van der Waals surface area contributed by atoms with Gasteiger partial charge in [-0.1, -0.05) is 18.2 Å². The molecule has 1 amide bonds. The van der Waals surface area contributed by atoms with Crippen molar-refractivity contribution in [2.45, 2.75) is 9.99 Å². The molecule has 0 radical (unpaired) electrons. The van der Waals surface area contributed by atoms with Crippen LogP contribution in [0, 0.1) is 0 Å². The highest BCUT2D eigenvalue weighted by atomic mass is 32.2. The number of para-hydroxylation sites is 1. The van der Waals surface area contributed by atoms with E-state index >= 15 is 0 Å². The van der Waals surface area contributed by atoms with Crippen LogP contribution in [0.1, 0.15) is 5.76 Å². The monoisotopic (exact) mass is 341 g/mol. The van der Waals surface area contributed by atoms with Crippen LogP contribution in [0.25, 0.3) is 10.9 Å². The number of hydrogen-bond donors (Lipinski definition) is 1. The Labute approximate surface area is 142 Å². The maximum absolute atomic E-state index is 11.2. The molecule has 0 fully saturated rings. The Morgan fingerprint density at radius 3 is 3.08 bits per heavy atom. The van der Waals surface area contributed by atoms with E-state index in [4.69, 9.17) is 9.15 Å². The molecule has 0 spiro atoms. The highest BCUT2D eigenvalue weighted by Crippen LogP contribution is 2.33. The Bertz CT molecular complexity index is 871. The minimum Gasteiger partial charge on any atom is -0.448 e. The van der Waals surface area contributed by atoms with Crippen molar-refractivity contribution >= 4 is 34.8 Å². The number of fused-ring (bicyclic) bond motifs is 1. The zero-order chi connectivity index (χ0) is 16.8. The molecular formula is C17H15N3O3S. The van der Waals surface area contributed by atoms with Crippen LogP contribution in [-0.4, -0.2) is 30.8 Å². The van der Waals surface area contributed by atoms with Gasteiger partial charge in [0.2, 0.25) is 0 Å². The first-order chi connectivity index (χ1) is 11.8. The summed E-state index contributed by atoms with van der Waals surface area (Å²) in [7, 11) is 1.45. The number of methoxy groups -OCH3 is 1. The maximum atomic E-state index is 11.2. The Kier molecular flexibility index (Phi) is 5.25. The van der Waals surface area contributed by atoms with Crippen molar-refractivity contribution in [3.63, 3.8) is 0 Å². The van der Waals surface area contributed by atoms with Crippen LogP contribution in [0.5, 0.6) is 0 Å². The Morgan fingerprint density at radius 1 is 1.33 bits per heavy atom. The molecule has 7 heteroatoms. The lowest BCUT2D eigenvalue weighted by Gasteiger charge is -2.02. The summed E-state index contributed by atoms with van der Waals surface area (Å²) in [6, 6.07) is 13.6. The Hall–Kier alpha value is -2.64. The van der Waals surface area contributed by atoms with Gasteiger partial charge in [-0.15, -0.1) is 0 Å². The lowest BCUT2D eigenvalue weighted by molar-refractivity contribution is -0.124. The number of rotatable bonds is 6. The molecule has 3 aromatic rings. The molecule has 6 nitrogen and oxygen atoms in total. The largest absolute Gasteiger partial charge is 0.448 e. The number of hydrazone groups is 1. The lowest BCUT2D eigenvalue weighted by atomic mass is 10.2. The minimum absolute atomic E-state index is 0.0370. The summed E-state index contributed by atoms with van der Waals surface area (Å²) in [5.74, 6) is 0.222. The van der Waals surface area contributed by atoms with E-state index in [1.165, 1.54) is 25.1 Å². The van der Waals surface area contributed by atoms with E-state index in [2.05, 4.69) is 15.5 Å². The molecule has 0 aliphatic carbocycles. The second kappa shape index (κ2) is 7.76. The van der Waals surface area contributed by atoms with Crippen molar-refractivity contribution < 1.29 is 13.9 Å². The fourth-order valence-corrected chi connectivity index (χ4v) is 2.96. The van der Waals surface area contributed by atoms with Gasteiger partial charge in [0, 0.05) is 23.6 Å². The fourth-order valence-electron chi connectivity index (χ4n) is 2.06. The third kappa shape index (κ3) is 4.01. The van der Waals surface area contributed by atoms with Crippen molar-refractivity contribution in [3.8, 4) is 0 Å². The topological polar surface area (TPSA) is 76.7 Å². The van der Waals surface area contributed by atoms with Crippen molar-refractivity contribution in [2.24, 2.45) is 5.10 Å². The maximum Gasteiger partial charge on any atom is 0.266 e. The highest BCUT2D eigenvalue weighted by molar-refractivity contribution is 7.99. The molecule has 1 aromatic carbocycles. The number of amides is 1. The molecule has 2 aromatic heterocycles. The molecule has 1 N–H and O–H groups in total.